The molecule has 1 aromatic heterocycles. The Labute approximate surface area is 183 Å². The summed E-state index contributed by atoms with van der Waals surface area (Å²) in [6.07, 6.45) is 5.47. The SMILES string of the molecule is O=C(C1CCC(Cn2cnc3cc(F)ccc32)CC1)N1OCC[C@H]1c1cc(F)cc(F)c1. The fraction of sp³-hybridized carbons (Fsp3) is 0.417. The molecular formula is C24H24F3N3O2. The zero-order valence-electron chi connectivity index (χ0n) is 17.5. The van der Waals surface area contributed by atoms with Crippen molar-refractivity contribution in [2.75, 3.05) is 6.61 Å². The van der Waals surface area contributed by atoms with E-state index in [2.05, 4.69) is 4.98 Å². The molecule has 1 amide bonds. The summed E-state index contributed by atoms with van der Waals surface area (Å²) in [7, 11) is 0. The van der Waals surface area contributed by atoms with Gasteiger partial charge in [0.25, 0.3) is 0 Å². The Morgan fingerprint density at radius 3 is 2.47 bits per heavy atom. The van der Waals surface area contributed by atoms with E-state index in [4.69, 9.17) is 4.84 Å². The van der Waals surface area contributed by atoms with Crippen LogP contribution in [-0.2, 0) is 16.2 Å². The predicted octanol–water partition coefficient (Wildman–Crippen LogP) is 5.17. The van der Waals surface area contributed by atoms with E-state index in [-0.39, 0.29) is 17.6 Å². The number of imidazole rings is 1. The molecule has 1 saturated heterocycles. The zero-order chi connectivity index (χ0) is 22.2. The van der Waals surface area contributed by atoms with Crippen molar-refractivity contribution in [2.24, 2.45) is 11.8 Å². The van der Waals surface area contributed by atoms with Crippen LogP contribution < -0.4 is 0 Å². The third-order valence-corrected chi connectivity index (χ3v) is 6.63. The number of rotatable bonds is 4. The molecule has 32 heavy (non-hydrogen) atoms. The first kappa shape index (κ1) is 21.0. The van der Waals surface area contributed by atoms with Gasteiger partial charge in [-0.15, -0.1) is 0 Å². The molecule has 168 valence electrons. The van der Waals surface area contributed by atoms with Gasteiger partial charge in [-0.1, -0.05) is 0 Å². The van der Waals surface area contributed by atoms with Gasteiger partial charge in [0, 0.05) is 31.0 Å². The maximum absolute atomic E-state index is 13.7. The van der Waals surface area contributed by atoms with Gasteiger partial charge in [-0.25, -0.2) is 23.2 Å². The van der Waals surface area contributed by atoms with Crippen molar-refractivity contribution in [1.29, 1.82) is 0 Å². The smallest absolute Gasteiger partial charge is 0.249 e. The largest absolute Gasteiger partial charge is 0.330 e. The second-order valence-corrected chi connectivity index (χ2v) is 8.75. The number of carbonyl (C=O) groups is 1. The summed E-state index contributed by atoms with van der Waals surface area (Å²) in [4.78, 5) is 23.0. The Hall–Kier alpha value is -2.87. The monoisotopic (exact) mass is 443 g/mol. The highest BCUT2D eigenvalue weighted by molar-refractivity contribution is 5.78. The van der Waals surface area contributed by atoms with E-state index in [1.54, 1.807) is 12.4 Å². The Morgan fingerprint density at radius 1 is 0.969 bits per heavy atom. The number of carbonyl (C=O) groups excluding carboxylic acids is 1. The molecule has 1 aliphatic heterocycles. The first-order valence-electron chi connectivity index (χ1n) is 11.0. The molecule has 3 aromatic rings. The molecule has 0 spiro atoms. The normalized spacial score (nSPS) is 23.7. The lowest BCUT2D eigenvalue weighted by Gasteiger charge is -2.32. The molecule has 2 aliphatic rings. The van der Waals surface area contributed by atoms with Crippen LogP contribution in [0.3, 0.4) is 0 Å². The molecule has 0 bridgehead atoms. The van der Waals surface area contributed by atoms with Gasteiger partial charge in [0.1, 0.15) is 17.5 Å². The summed E-state index contributed by atoms with van der Waals surface area (Å²) < 4.78 is 42.8. The molecule has 8 heteroatoms. The fourth-order valence-electron chi connectivity index (χ4n) is 4.99. The van der Waals surface area contributed by atoms with Crippen molar-refractivity contribution in [1.82, 2.24) is 14.6 Å². The van der Waals surface area contributed by atoms with Crippen LogP contribution in [0, 0.1) is 29.3 Å². The van der Waals surface area contributed by atoms with Crippen molar-refractivity contribution in [3.8, 4) is 0 Å². The van der Waals surface area contributed by atoms with Crippen LogP contribution in [-0.4, -0.2) is 27.1 Å². The highest BCUT2D eigenvalue weighted by Crippen LogP contribution is 2.37. The molecule has 2 heterocycles. The van der Waals surface area contributed by atoms with Gasteiger partial charge in [-0.3, -0.25) is 9.63 Å². The van der Waals surface area contributed by atoms with E-state index in [0.29, 0.717) is 30.0 Å². The van der Waals surface area contributed by atoms with Crippen molar-refractivity contribution in [3.05, 3.63) is 65.7 Å². The average Bonchev–Trinajstić information content (AvgIpc) is 3.40. The number of aromatic nitrogens is 2. The first-order chi connectivity index (χ1) is 15.5. The van der Waals surface area contributed by atoms with E-state index in [9.17, 15) is 18.0 Å². The van der Waals surface area contributed by atoms with Gasteiger partial charge in [0.05, 0.1) is 30.0 Å². The summed E-state index contributed by atoms with van der Waals surface area (Å²) in [6, 6.07) is 7.50. The van der Waals surface area contributed by atoms with E-state index in [1.165, 1.54) is 29.3 Å². The Bertz CT molecular complexity index is 1120. The van der Waals surface area contributed by atoms with Crippen molar-refractivity contribution in [3.63, 3.8) is 0 Å². The molecule has 0 N–H and O–H groups in total. The van der Waals surface area contributed by atoms with E-state index in [0.717, 1.165) is 43.8 Å². The fourth-order valence-corrected chi connectivity index (χ4v) is 4.99. The Balaban J connectivity index is 1.22. The first-order valence-corrected chi connectivity index (χ1v) is 11.0. The number of hydroxylamine groups is 2. The van der Waals surface area contributed by atoms with Gasteiger partial charge in [-0.2, -0.15) is 0 Å². The van der Waals surface area contributed by atoms with Crippen LogP contribution in [0.15, 0.2) is 42.7 Å². The lowest BCUT2D eigenvalue weighted by molar-refractivity contribution is -0.183. The maximum atomic E-state index is 13.7. The highest BCUT2D eigenvalue weighted by atomic mass is 19.1. The molecule has 2 fully saturated rings. The summed E-state index contributed by atoms with van der Waals surface area (Å²) in [5.74, 6) is -1.50. The van der Waals surface area contributed by atoms with Crippen LogP contribution >= 0.6 is 0 Å². The highest BCUT2D eigenvalue weighted by Gasteiger charge is 2.37. The standard InChI is InChI=1S/C24H24F3N3O2/c25-18-5-6-23-21(12-18)28-14-29(23)13-15-1-3-16(4-2-15)24(31)30-22(7-8-32-30)17-9-19(26)11-20(27)10-17/h5-6,9-12,14-16,22H,1-4,7-8,13H2/t15?,16?,22-/m0/s1. The van der Waals surface area contributed by atoms with Gasteiger partial charge in [0.2, 0.25) is 5.91 Å². The minimum Gasteiger partial charge on any atom is -0.330 e. The lowest BCUT2D eigenvalue weighted by Crippen LogP contribution is -2.37. The molecule has 1 atom stereocenters. The van der Waals surface area contributed by atoms with Crippen molar-refractivity contribution >= 4 is 16.9 Å². The van der Waals surface area contributed by atoms with Crippen LogP contribution in [0.1, 0.15) is 43.7 Å². The minimum absolute atomic E-state index is 0.112. The number of amides is 1. The quantitative estimate of drug-likeness (QED) is 0.559. The number of fused-ring (bicyclic) bond motifs is 1. The second kappa shape index (κ2) is 8.58. The van der Waals surface area contributed by atoms with Gasteiger partial charge in [0.15, 0.2) is 0 Å². The second-order valence-electron chi connectivity index (χ2n) is 8.75. The van der Waals surface area contributed by atoms with Crippen LogP contribution in [0.2, 0.25) is 0 Å². The summed E-state index contributed by atoms with van der Waals surface area (Å²) in [6.45, 7) is 1.12. The van der Waals surface area contributed by atoms with Gasteiger partial charge < -0.3 is 4.57 Å². The topological polar surface area (TPSA) is 47.4 Å². The zero-order valence-corrected chi connectivity index (χ0v) is 17.5. The average molecular weight is 443 g/mol. The summed E-state index contributed by atoms with van der Waals surface area (Å²) in [5.41, 5.74) is 1.96. The van der Waals surface area contributed by atoms with Crippen LogP contribution in [0.5, 0.6) is 0 Å². The van der Waals surface area contributed by atoms with Gasteiger partial charge >= 0.3 is 0 Å². The molecule has 0 radical (unpaired) electrons. The number of halogens is 3. The molecule has 1 aliphatic carbocycles. The Morgan fingerprint density at radius 2 is 1.72 bits per heavy atom. The predicted molar refractivity (Wildman–Crippen MR) is 112 cm³/mol. The third-order valence-electron chi connectivity index (χ3n) is 6.63. The van der Waals surface area contributed by atoms with Crippen molar-refractivity contribution < 1.29 is 22.8 Å². The maximum Gasteiger partial charge on any atom is 0.249 e. The molecular weight excluding hydrogens is 419 g/mol. The molecule has 1 saturated carbocycles. The van der Waals surface area contributed by atoms with E-state index >= 15 is 0 Å². The summed E-state index contributed by atoms with van der Waals surface area (Å²) >= 11 is 0. The molecule has 2 aromatic carbocycles. The van der Waals surface area contributed by atoms with Crippen LogP contribution in [0.4, 0.5) is 13.2 Å². The van der Waals surface area contributed by atoms with Gasteiger partial charge in [-0.05, 0) is 61.4 Å². The minimum atomic E-state index is -0.658. The van der Waals surface area contributed by atoms with Crippen molar-refractivity contribution in [2.45, 2.75) is 44.7 Å². The summed E-state index contributed by atoms with van der Waals surface area (Å²) in [5, 5.41) is 1.33. The number of benzene rings is 2. The van der Waals surface area contributed by atoms with E-state index in [1.807, 2.05) is 4.57 Å². The molecule has 0 unspecified atom stereocenters. The van der Waals surface area contributed by atoms with Crippen LogP contribution in [0.25, 0.3) is 11.0 Å². The molecule has 5 rings (SSSR count). The third kappa shape index (κ3) is 4.11. The van der Waals surface area contributed by atoms with E-state index < -0.39 is 17.7 Å². The number of hydrogen-bond acceptors (Lipinski definition) is 3. The molecule has 5 nitrogen and oxygen atoms in total. The number of hydrogen-bond donors (Lipinski definition) is 0. The Kier molecular flexibility index (Phi) is 5.63. The lowest BCUT2D eigenvalue weighted by atomic mass is 9.81. The number of nitrogens with zero attached hydrogens (tertiary/aromatic N) is 3.